The summed E-state index contributed by atoms with van der Waals surface area (Å²) in [5, 5.41) is 9.48. The number of hydrogen-bond donors (Lipinski definition) is 1. The second-order valence-electron chi connectivity index (χ2n) is 5.00. The van der Waals surface area contributed by atoms with Gasteiger partial charge < -0.3 is 9.66 Å². The van der Waals surface area contributed by atoms with E-state index in [1.807, 2.05) is 24.3 Å². The predicted molar refractivity (Wildman–Crippen MR) is 99.9 cm³/mol. The second-order valence-corrected chi connectivity index (χ2v) is 8.18. The summed E-state index contributed by atoms with van der Waals surface area (Å²) in [5.41, 5.74) is 0. The van der Waals surface area contributed by atoms with E-state index in [-0.39, 0.29) is 10.9 Å². The molecule has 0 heterocycles. The molecule has 3 aromatic rings. The van der Waals surface area contributed by atoms with Crippen LogP contribution < -0.4 is 0 Å². The third-order valence-corrected chi connectivity index (χ3v) is 5.87. The highest BCUT2D eigenvalue weighted by molar-refractivity contribution is 7.97. The van der Waals surface area contributed by atoms with E-state index < -0.39 is 10.4 Å². The summed E-state index contributed by atoms with van der Waals surface area (Å²) in [6, 6.07) is 28.5. The third kappa shape index (κ3) is 6.20. The molecule has 0 saturated heterocycles. The Labute approximate surface area is 156 Å². The Hall–Kier alpha value is -2.32. The molecule has 0 aliphatic heterocycles. The zero-order valence-electron chi connectivity index (χ0n) is 14.0. The Balaban J connectivity index is 0.000000352. The molecule has 3 aromatic carbocycles. The van der Waals surface area contributed by atoms with E-state index >= 15 is 0 Å². The van der Waals surface area contributed by atoms with Gasteiger partial charge in [0.1, 0.15) is 5.75 Å². The van der Waals surface area contributed by atoms with E-state index in [0.29, 0.717) is 5.75 Å². The highest BCUT2D eigenvalue weighted by Gasteiger charge is 2.27. The summed E-state index contributed by atoms with van der Waals surface area (Å²) in [6.07, 6.45) is 0. The molecule has 0 aromatic heterocycles. The lowest BCUT2D eigenvalue weighted by Crippen LogP contribution is -2.04. The summed E-state index contributed by atoms with van der Waals surface area (Å²) in [7, 11) is -3.74. The molecule has 0 spiro atoms. The summed E-state index contributed by atoms with van der Waals surface area (Å²) in [6.45, 7) is 0. The molecule has 0 aliphatic carbocycles. The average molecular weight is 390 g/mol. The fraction of sp³-hybridized carbons (Fsp3) is 0.0526. The summed E-state index contributed by atoms with van der Waals surface area (Å²) in [5.74, 6) is 0.304. The molecule has 0 radical (unpaired) electrons. The molecule has 5 nitrogen and oxygen atoms in total. The van der Waals surface area contributed by atoms with E-state index in [1.54, 1.807) is 12.1 Å². The number of rotatable bonds is 4. The van der Waals surface area contributed by atoms with Crippen molar-refractivity contribution in [3.63, 3.8) is 0 Å². The largest absolute Gasteiger partial charge is 0.726 e. The normalized spacial score (nSPS) is 10.9. The molecule has 1 N–H and O–H groups in total. The first-order chi connectivity index (χ1) is 12.4. The van der Waals surface area contributed by atoms with Crippen LogP contribution in [0.4, 0.5) is 0 Å². The fourth-order valence-corrected chi connectivity index (χ4v) is 4.19. The van der Waals surface area contributed by atoms with Gasteiger partial charge in [-0.1, -0.05) is 36.4 Å². The topological polar surface area (TPSA) is 86.7 Å². The summed E-state index contributed by atoms with van der Waals surface area (Å²) < 4.78 is 31.0. The van der Waals surface area contributed by atoms with E-state index in [4.69, 9.17) is 0 Å². The SMILES string of the molecule is COS(=O)(=O)[O-].Oc1ccc([S+](c2ccccc2)c2ccccc2)cc1. The van der Waals surface area contributed by atoms with Gasteiger partial charge in [0, 0.05) is 0 Å². The van der Waals surface area contributed by atoms with Gasteiger partial charge in [-0.15, -0.1) is 0 Å². The Morgan fingerprint density at radius 3 is 1.46 bits per heavy atom. The molecule has 136 valence electrons. The maximum atomic E-state index is 9.48. The fourth-order valence-electron chi connectivity index (χ4n) is 2.10. The van der Waals surface area contributed by atoms with E-state index in [0.717, 1.165) is 7.11 Å². The highest BCUT2D eigenvalue weighted by Crippen LogP contribution is 2.31. The lowest BCUT2D eigenvalue weighted by atomic mass is 10.3. The van der Waals surface area contributed by atoms with Gasteiger partial charge >= 0.3 is 0 Å². The molecular weight excluding hydrogens is 372 g/mol. The van der Waals surface area contributed by atoms with E-state index in [2.05, 4.69) is 52.7 Å². The number of phenols is 1. The Bertz CT molecular complexity index is 856. The second kappa shape index (κ2) is 9.40. The van der Waals surface area contributed by atoms with Crippen LogP contribution in [0.3, 0.4) is 0 Å². The van der Waals surface area contributed by atoms with Crippen molar-refractivity contribution < 1.29 is 22.3 Å². The molecule has 0 aliphatic rings. The first-order valence-electron chi connectivity index (χ1n) is 7.55. The molecule has 0 bridgehead atoms. The number of aromatic hydroxyl groups is 1. The maximum absolute atomic E-state index is 9.48. The van der Waals surface area contributed by atoms with Crippen LogP contribution in [0.25, 0.3) is 0 Å². The van der Waals surface area contributed by atoms with Crippen molar-refractivity contribution in [1.82, 2.24) is 0 Å². The van der Waals surface area contributed by atoms with Gasteiger partial charge in [0.05, 0.1) is 18.0 Å². The summed E-state index contributed by atoms with van der Waals surface area (Å²) in [4.78, 5) is 3.77. The quantitative estimate of drug-likeness (QED) is 0.418. The van der Waals surface area contributed by atoms with Gasteiger partial charge in [0.15, 0.2) is 14.7 Å². The molecule has 7 heteroatoms. The molecule has 0 unspecified atom stereocenters. The maximum Gasteiger partial charge on any atom is 0.217 e. The predicted octanol–water partition coefficient (Wildman–Crippen LogP) is 3.58. The molecular formula is C19H18O5S2. The van der Waals surface area contributed by atoms with Crippen LogP contribution in [0.5, 0.6) is 5.75 Å². The first kappa shape index (κ1) is 20.0. The van der Waals surface area contributed by atoms with Crippen LogP contribution in [-0.4, -0.2) is 25.2 Å². The Kier molecular flexibility index (Phi) is 7.23. The van der Waals surface area contributed by atoms with Crippen LogP contribution >= 0.6 is 0 Å². The van der Waals surface area contributed by atoms with Crippen molar-refractivity contribution in [2.75, 3.05) is 7.11 Å². The molecule has 3 rings (SSSR count). The molecule has 0 saturated carbocycles. The minimum absolute atomic E-state index is 0.134. The van der Waals surface area contributed by atoms with Crippen LogP contribution in [0.2, 0.25) is 0 Å². The average Bonchev–Trinajstić information content (AvgIpc) is 2.65. The minimum atomic E-state index is -4.41. The minimum Gasteiger partial charge on any atom is -0.726 e. The monoisotopic (exact) mass is 390 g/mol. The van der Waals surface area contributed by atoms with Gasteiger partial charge in [-0.25, -0.2) is 8.42 Å². The standard InChI is InChI=1S/C18H14OS.CH4O4S/c19-15-11-13-18(14-12-15)20(16-7-3-1-4-8-16)17-9-5-2-6-10-17;1-5-6(2,3)4/h1-14H;1H3,(H,2,3,4). The number of phenolic OH excluding ortho intramolecular Hbond substituents is 1. The molecule has 0 amide bonds. The molecule has 0 atom stereocenters. The van der Waals surface area contributed by atoms with Crippen molar-refractivity contribution >= 4 is 21.3 Å². The molecule has 26 heavy (non-hydrogen) atoms. The highest BCUT2D eigenvalue weighted by atomic mass is 32.3. The van der Waals surface area contributed by atoms with Gasteiger partial charge in [0.2, 0.25) is 10.4 Å². The van der Waals surface area contributed by atoms with Crippen molar-refractivity contribution in [3.05, 3.63) is 84.9 Å². The van der Waals surface area contributed by atoms with E-state index in [1.165, 1.54) is 14.7 Å². The van der Waals surface area contributed by atoms with Crippen LogP contribution in [0.15, 0.2) is 99.6 Å². The Morgan fingerprint density at radius 1 is 0.769 bits per heavy atom. The van der Waals surface area contributed by atoms with Gasteiger partial charge in [0.25, 0.3) is 0 Å². The lowest BCUT2D eigenvalue weighted by Gasteiger charge is -2.07. The first-order valence-corrected chi connectivity index (χ1v) is 10.1. The van der Waals surface area contributed by atoms with Crippen molar-refractivity contribution in [2.24, 2.45) is 0 Å². The summed E-state index contributed by atoms with van der Waals surface area (Å²) >= 11 is 0. The van der Waals surface area contributed by atoms with Gasteiger partial charge in [-0.3, -0.25) is 4.18 Å². The van der Waals surface area contributed by atoms with Crippen LogP contribution in [0, 0.1) is 0 Å². The van der Waals surface area contributed by atoms with E-state index in [9.17, 15) is 18.1 Å². The lowest BCUT2D eigenvalue weighted by molar-refractivity contribution is 0.314. The number of benzene rings is 3. The zero-order valence-corrected chi connectivity index (χ0v) is 15.6. The van der Waals surface area contributed by atoms with Crippen LogP contribution in [0.1, 0.15) is 0 Å². The smallest absolute Gasteiger partial charge is 0.217 e. The number of hydrogen-bond acceptors (Lipinski definition) is 5. The zero-order chi connectivity index (χ0) is 19.0. The molecule has 0 fully saturated rings. The van der Waals surface area contributed by atoms with Crippen molar-refractivity contribution in [2.45, 2.75) is 14.7 Å². The Morgan fingerprint density at radius 2 is 1.12 bits per heavy atom. The van der Waals surface area contributed by atoms with Gasteiger partial charge in [-0.2, -0.15) is 0 Å². The van der Waals surface area contributed by atoms with Crippen molar-refractivity contribution in [3.8, 4) is 5.75 Å². The van der Waals surface area contributed by atoms with Crippen LogP contribution in [-0.2, 0) is 25.5 Å². The van der Waals surface area contributed by atoms with Crippen molar-refractivity contribution in [1.29, 1.82) is 0 Å². The van der Waals surface area contributed by atoms with Gasteiger partial charge in [-0.05, 0) is 48.5 Å². The third-order valence-electron chi connectivity index (χ3n) is 3.23.